The molecule has 0 aromatic rings. The molecule has 0 radical (unpaired) electrons. The van der Waals surface area contributed by atoms with Crippen LogP contribution in [0.4, 0.5) is 0 Å². The highest BCUT2D eigenvalue weighted by molar-refractivity contribution is 8.59. The van der Waals surface area contributed by atoms with Gasteiger partial charge in [-0.25, -0.2) is 0 Å². The van der Waals surface area contributed by atoms with Gasteiger partial charge in [0.25, 0.3) is 0 Å². The van der Waals surface area contributed by atoms with E-state index in [4.69, 9.17) is 0 Å². The summed E-state index contributed by atoms with van der Waals surface area (Å²) >= 11 is 6.33. The van der Waals surface area contributed by atoms with Gasteiger partial charge in [-0.15, -0.1) is 0 Å². The molecular weight excluding hydrogens is 131 g/mol. The Balaban J connectivity index is 2.85. The Bertz CT molecular complexity index is 59.8. The summed E-state index contributed by atoms with van der Waals surface area (Å²) in [6.45, 7) is 2.57. The van der Waals surface area contributed by atoms with Crippen LogP contribution in [0.25, 0.3) is 0 Å². The van der Waals surface area contributed by atoms with Crippen LogP contribution in [0.3, 0.4) is 0 Å². The van der Waals surface area contributed by atoms with E-state index in [1.807, 2.05) is 18.4 Å². The molecule has 0 aromatic heterocycles. The number of hydrogen-bond donors (Lipinski definition) is 0. The van der Waals surface area contributed by atoms with Gasteiger partial charge in [-0.3, -0.25) is 0 Å². The summed E-state index contributed by atoms with van der Waals surface area (Å²) in [6.07, 6.45) is 1.99. The van der Waals surface area contributed by atoms with Crippen molar-refractivity contribution in [3.63, 3.8) is 0 Å². The summed E-state index contributed by atoms with van der Waals surface area (Å²) in [6, 6.07) is 0. The maximum atomic E-state index is 4.66. The zero-order chi connectivity index (χ0) is 4.83. The van der Waals surface area contributed by atoms with Crippen LogP contribution in [0.1, 0.15) is 6.92 Å². The molecule has 0 heterocycles. The number of hydrogen-bond acceptors (Lipinski definition) is 2. The predicted octanol–water partition coefficient (Wildman–Crippen LogP) is 2.31. The fraction of sp³-hybridized carbons (Fsp3) is 0.333. The van der Waals surface area contributed by atoms with Crippen LogP contribution < -0.4 is 0 Å². The van der Waals surface area contributed by atoms with E-state index < -0.39 is 0 Å². The Morgan fingerprint density at radius 3 is 2.67 bits per heavy atom. The predicted molar refractivity (Wildman–Crippen MR) is 38.1 cm³/mol. The van der Waals surface area contributed by atoms with Crippen LogP contribution in [0, 0.1) is 0 Å². The minimum atomic E-state index is 0.578. The van der Waals surface area contributed by atoms with Gasteiger partial charge in [0.2, 0.25) is 6.56 Å². The van der Waals surface area contributed by atoms with Crippen molar-refractivity contribution in [3.05, 3.63) is 11.5 Å². The molecule has 3 heteroatoms. The van der Waals surface area contributed by atoms with E-state index in [1.165, 1.54) is 0 Å². The van der Waals surface area contributed by atoms with Gasteiger partial charge in [-0.05, 0) is 6.92 Å². The van der Waals surface area contributed by atoms with Crippen LogP contribution in [-0.2, 0) is 11.8 Å². The summed E-state index contributed by atoms with van der Waals surface area (Å²) in [5, 5.41) is 2.01. The topological polar surface area (TPSA) is 0 Å². The van der Waals surface area contributed by atoms with E-state index >= 15 is 0 Å². The first-order valence-corrected chi connectivity index (χ1v) is 5.29. The third kappa shape index (κ3) is 4.61. The van der Waals surface area contributed by atoms with Gasteiger partial charge in [0, 0.05) is 5.41 Å². The first-order chi connectivity index (χ1) is 2.91. The fourth-order valence-electron chi connectivity index (χ4n) is 0.0958. The van der Waals surface area contributed by atoms with Crippen molar-refractivity contribution in [2.24, 2.45) is 0 Å². The highest BCUT2D eigenvalue weighted by Gasteiger charge is 1.73. The van der Waals surface area contributed by atoms with Gasteiger partial charge in [-0.1, -0.05) is 6.08 Å². The highest BCUT2D eigenvalue weighted by Crippen LogP contribution is 2.17. The van der Waals surface area contributed by atoms with E-state index in [2.05, 4.69) is 11.8 Å². The molecule has 0 saturated carbocycles. The van der Waals surface area contributed by atoms with Crippen molar-refractivity contribution in [3.8, 4) is 0 Å². The molecule has 1 unspecified atom stereocenters. The summed E-state index contributed by atoms with van der Waals surface area (Å²) in [5.74, 6) is 0. The Labute approximate surface area is 48.6 Å². The molecule has 0 bridgehead atoms. The van der Waals surface area contributed by atoms with E-state index in [9.17, 15) is 0 Å². The van der Waals surface area contributed by atoms with Crippen LogP contribution in [-0.4, -0.2) is 0 Å². The monoisotopic (exact) mass is 137 g/mol. The average Bonchev–Trinajstić information content (AvgIpc) is 1.61. The largest absolute Gasteiger partial charge is 0.235 e. The molecule has 1 atom stereocenters. The quantitative estimate of drug-likeness (QED) is 0.536. The molecule has 0 N–H and O–H groups in total. The maximum Gasteiger partial charge on any atom is 0.235 e. The maximum absolute atomic E-state index is 4.66. The molecule has 34 valence electrons. The minimum Gasteiger partial charge on any atom is -0.0773 e. The summed E-state index contributed by atoms with van der Waals surface area (Å²) < 4.78 is 0. The molecule has 0 aliphatic carbocycles. The lowest BCUT2D eigenvalue weighted by Crippen LogP contribution is -1.27. The molecule has 0 spiro atoms. The van der Waals surface area contributed by atoms with Crippen LogP contribution >= 0.6 is 17.9 Å². The Hall–Kier alpha value is 0.610. The molecule has 6 heavy (non-hydrogen) atoms. The van der Waals surface area contributed by atoms with Crippen molar-refractivity contribution < 1.29 is 0 Å². The second-order valence-electron chi connectivity index (χ2n) is 0.671. The van der Waals surface area contributed by atoms with Crippen LogP contribution in [0.5, 0.6) is 0 Å². The number of rotatable bonds is 2. The van der Waals surface area contributed by atoms with Crippen molar-refractivity contribution in [2.45, 2.75) is 6.92 Å². The molecule has 0 aliphatic heterocycles. The third-order valence-electron chi connectivity index (χ3n) is 0.252. The molecule has 0 fully saturated rings. The third-order valence-corrected chi connectivity index (χ3v) is 2.32. The van der Waals surface area contributed by atoms with Crippen molar-refractivity contribution in [1.29, 1.82) is 0 Å². The van der Waals surface area contributed by atoms with Crippen LogP contribution in [0.15, 0.2) is 11.5 Å². The molecule has 0 aliphatic rings. The Morgan fingerprint density at radius 2 is 2.50 bits per heavy atom. The van der Waals surface area contributed by atoms with Crippen molar-refractivity contribution in [1.82, 2.24) is 0 Å². The van der Waals surface area contributed by atoms with E-state index in [0.717, 1.165) is 0 Å². The average molecular weight is 137 g/mol. The summed E-state index contributed by atoms with van der Waals surface area (Å²) in [4.78, 5) is 0. The van der Waals surface area contributed by atoms with Crippen LogP contribution in [0.2, 0.25) is 0 Å². The van der Waals surface area contributed by atoms with Crippen molar-refractivity contribution >= 4 is 29.7 Å². The molecule has 0 aromatic carbocycles. The van der Waals surface area contributed by atoms with Gasteiger partial charge >= 0.3 is 0 Å². The van der Waals surface area contributed by atoms with Gasteiger partial charge in [0.15, 0.2) is 11.8 Å². The second-order valence-corrected chi connectivity index (χ2v) is 4.05. The normalized spacial score (nSPS) is 10.8. The minimum absolute atomic E-state index is 0.578. The molecule has 0 saturated heterocycles. The van der Waals surface area contributed by atoms with E-state index in [-0.39, 0.29) is 0 Å². The standard InChI is InChI=1S/C3H5PS2/c1-2-3-6-4-5/h2-3H,1H3/p+1. The van der Waals surface area contributed by atoms with Gasteiger partial charge in [0.1, 0.15) is 11.4 Å². The summed E-state index contributed by atoms with van der Waals surface area (Å²) in [5.41, 5.74) is 0. The first kappa shape index (κ1) is 6.61. The smallest absolute Gasteiger partial charge is 0.0773 e. The Morgan fingerprint density at radius 1 is 1.83 bits per heavy atom. The Kier molecular flexibility index (Phi) is 6.18. The highest BCUT2D eigenvalue weighted by atomic mass is 32.9. The van der Waals surface area contributed by atoms with E-state index in [1.54, 1.807) is 11.4 Å². The fourth-order valence-corrected chi connectivity index (χ4v) is 1.36. The number of allylic oxidation sites excluding steroid dienone is 1. The molecular formula is C3H6PS2+. The molecule has 0 nitrogen and oxygen atoms in total. The van der Waals surface area contributed by atoms with Gasteiger partial charge in [-0.2, -0.15) is 0 Å². The molecule has 0 amide bonds. The zero-order valence-corrected chi connectivity index (χ0v) is 6.10. The molecule has 0 rings (SSSR count). The van der Waals surface area contributed by atoms with Gasteiger partial charge in [0.05, 0.1) is 0 Å². The van der Waals surface area contributed by atoms with E-state index in [0.29, 0.717) is 6.56 Å². The summed E-state index contributed by atoms with van der Waals surface area (Å²) in [7, 11) is 0. The lowest BCUT2D eigenvalue weighted by atomic mass is 10.8. The lowest BCUT2D eigenvalue weighted by molar-refractivity contribution is 1.79. The second kappa shape index (κ2) is 5.61. The van der Waals surface area contributed by atoms with Gasteiger partial charge < -0.3 is 0 Å². The first-order valence-electron chi connectivity index (χ1n) is 1.55. The lowest BCUT2D eigenvalue weighted by Gasteiger charge is -1.56. The SMILES string of the molecule is CC=CS[PH+]=S. The van der Waals surface area contributed by atoms with Crippen molar-refractivity contribution in [2.75, 3.05) is 0 Å². The zero-order valence-electron chi connectivity index (χ0n) is 3.47.